The molecule has 1 saturated carbocycles. The zero-order valence-electron chi connectivity index (χ0n) is 13.4. The molecule has 0 saturated heterocycles. The molecule has 0 bridgehead atoms. The average Bonchev–Trinajstić information content (AvgIpc) is 3.36. The first-order valence-corrected chi connectivity index (χ1v) is 8.78. The Hall–Kier alpha value is -1.71. The summed E-state index contributed by atoms with van der Waals surface area (Å²) in [6, 6.07) is 4.20. The van der Waals surface area contributed by atoms with Crippen molar-refractivity contribution in [1.82, 2.24) is 9.62 Å². The summed E-state index contributed by atoms with van der Waals surface area (Å²) >= 11 is 0. The lowest BCUT2D eigenvalue weighted by Crippen LogP contribution is -2.41. The highest BCUT2D eigenvalue weighted by molar-refractivity contribution is 7.89. The Morgan fingerprint density at radius 3 is 2.65 bits per heavy atom. The molecule has 1 atom stereocenters. The molecule has 0 heterocycles. The Kier molecular flexibility index (Phi) is 5.23. The number of benzene rings is 1. The van der Waals surface area contributed by atoms with Crippen molar-refractivity contribution in [2.75, 3.05) is 20.7 Å². The highest BCUT2D eigenvalue weighted by atomic mass is 32.2. The van der Waals surface area contributed by atoms with Crippen molar-refractivity contribution in [3.8, 4) is 5.75 Å². The fraction of sp³-hybridized carbons (Fsp3) is 0.571. The van der Waals surface area contributed by atoms with Crippen LogP contribution in [-0.4, -0.2) is 51.0 Å². The van der Waals surface area contributed by atoms with Crippen molar-refractivity contribution in [2.24, 2.45) is 0 Å². The van der Waals surface area contributed by atoms with E-state index in [0.717, 1.165) is 18.9 Å². The molecule has 0 aromatic heterocycles. The predicted octanol–water partition coefficient (Wildman–Crippen LogP) is 1.36. The quantitative estimate of drug-likeness (QED) is 0.565. The van der Waals surface area contributed by atoms with Crippen LogP contribution in [-0.2, 0) is 10.0 Å². The lowest BCUT2D eigenvalue weighted by atomic mass is 10.3. The first kappa shape index (κ1) is 17.6. The number of rotatable bonds is 8. The zero-order valence-corrected chi connectivity index (χ0v) is 14.2. The summed E-state index contributed by atoms with van der Waals surface area (Å²) in [5, 5.41) is 11.1. The maximum Gasteiger partial charge on any atom is 0.293 e. The van der Waals surface area contributed by atoms with Crippen molar-refractivity contribution in [3.63, 3.8) is 0 Å². The van der Waals surface area contributed by atoms with E-state index in [4.69, 9.17) is 4.74 Å². The van der Waals surface area contributed by atoms with Crippen LogP contribution in [0, 0.1) is 10.1 Å². The summed E-state index contributed by atoms with van der Waals surface area (Å²) < 4.78 is 32.2. The number of sulfonamides is 1. The minimum absolute atomic E-state index is 0.00887. The number of nitrogens with one attached hydrogen (secondary N) is 1. The third-order valence-electron chi connectivity index (χ3n) is 4.04. The van der Waals surface area contributed by atoms with Crippen LogP contribution in [0.2, 0.25) is 0 Å². The summed E-state index contributed by atoms with van der Waals surface area (Å²) in [5.74, 6) is 0.234. The van der Waals surface area contributed by atoms with E-state index in [2.05, 4.69) is 9.62 Å². The van der Waals surface area contributed by atoms with Gasteiger partial charge in [-0.2, -0.15) is 0 Å². The molecule has 2 rings (SSSR count). The average molecular weight is 343 g/mol. The van der Waals surface area contributed by atoms with Crippen LogP contribution in [0.3, 0.4) is 0 Å². The fourth-order valence-corrected chi connectivity index (χ4v) is 3.56. The summed E-state index contributed by atoms with van der Waals surface area (Å²) in [5.41, 5.74) is -0.500. The number of nitro benzene ring substituents is 1. The lowest BCUT2D eigenvalue weighted by molar-refractivity contribution is -0.387. The Balaban J connectivity index is 2.16. The maximum absolute atomic E-state index is 12.4. The zero-order chi connectivity index (χ0) is 17.2. The second-order valence-electron chi connectivity index (χ2n) is 5.69. The number of ether oxygens (including phenoxy) is 1. The second-order valence-corrected chi connectivity index (χ2v) is 7.42. The minimum Gasteiger partial charge on any atom is -0.497 e. The van der Waals surface area contributed by atoms with Crippen molar-refractivity contribution >= 4 is 15.7 Å². The molecule has 1 aromatic carbocycles. The molecule has 0 unspecified atom stereocenters. The first-order valence-electron chi connectivity index (χ1n) is 7.30. The van der Waals surface area contributed by atoms with Gasteiger partial charge >= 0.3 is 0 Å². The Labute approximate surface area is 135 Å². The van der Waals surface area contributed by atoms with E-state index in [0.29, 0.717) is 6.04 Å². The first-order chi connectivity index (χ1) is 10.8. The molecule has 0 radical (unpaired) electrons. The van der Waals surface area contributed by atoms with E-state index in [1.165, 1.54) is 19.2 Å². The molecule has 23 heavy (non-hydrogen) atoms. The van der Waals surface area contributed by atoms with E-state index in [9.17, 15) is 18.5 Å². The molecular formula is C14H21N3O5S. The highest BCUT2D eigenvalue weighted by Gasteiger charge is 2.31. The van der Waals surface area contributed by atoms with Crippen molar-refractivity contribution in [1.29, 1.82) is 0 Å². The molecule has 0 amide bonds. The van der Waals surface area contributed by atoms with E-state index in [1.807, 2.05) is 14.0 Å². The van der Waals surface area contributed by atoms with E-state index in [-0.39, 0.29) is 23.2 Å². The number of nitrogens with zero attached hydrogens (tertiary/aromatic N) is 2. The molecule has 0 aliphatic heterocycles. The van der Waals surface area contributed by atoms with Crippen LogP contribution in [0.5, 0.6) is 5.75 Å². The summed E-state index contributed by atoms with van der Waals surface area (Å²) in [6.45, 7) is 2.11. The van der Waals surface area contributed by atoms with Gasteiger partial charge in [0.1, 0.15) is 5.75 Å². The molecule has 1 aliphatic rings. The van der Waals surface area contributed by atoms with Gasteiger partial charge in [0.15, 0.2) is 4.90 Å². The number of nitro groups is 1. The SMILES string of the molecule is COc1ccc(S(=O)(=O)NC[C@@H](C)N(C)C2CC2)c([N+](=O)[O-])c1. The molecular weight excluding hydrogens is 322 g/mol. The third-order valence-corrected chi connectivity index (χ3v) is 5.51. The predicted molar refractivity (Wildman–Crippen MR) is 85.1 cm³/mol. The second kappa shape index (κ2) is 6.81. The molecule has 9 heteroatoms. The number of likely N-dealkylation sites (N-methyl/N-ethyl adjacent to an activating group) is 1. The van der Waals surface area contributed by atoms with E-state index in [1.54, 1.807) is 0 Å². The molecule has 1 fully saturated rings. The van der Waals surface area contributed by atoms with Gasteiger partial charge in [0.05, 0.1) is 18.1 Å². The molecule has 1 aromatic rings. The van der Waals surface area contributed by atoms with E-state index < -0.39 is 20.6 Å². The van der Waals surface area contributed by atoms with Crippen LogP contribution in [0.25, 0.3) is 0 Å². The van der Waals surface area contributed by atoms with Gasteiger partial charge in [-0.25, -0.2) is 13.1 Å². The lowest BCUT2D eigenvalue weighted by Gasteiger charge is -2.24. The number of hydrogen-bond donors (Lipinski definition) is 1. The molecule has 8 nitrogen and oxygen atoms in total. The molecule has 1 aliphatic carbocycles. The topological polar surface area (TPSA) is 102 Å². The van der Waals surface area contributed by atoms with Crippen LogP contribution in [0.4, 0.5) is 5.69 Å². The van der Waals surface area contributed by atoms with Gasteiger partial charge in [-0.15, -0.1) is 0 Å². The van der Waals surface area contributed by atoms with Gasteiger partial charge in [0, 0.05) is 18.6 Å². The van der Waals surface area contributed by atoms with Gasteiger partial charge < -0.3 is 4.74 Å². The van der Waals surface area contributed by atoms with Gasteiger partial charge in [-0.3, -0.25) is 15.0 Å². The molecule has 1 N–H and O–H groups in total. The van der Waals surface area contributed by atoms with Crippen LogP contribution in [0.1, 0.15) is 19.8 Å². The molecule has 128 valence electrons. The monoisotopic (exact) mass is 343 g/mol. The summed E-state index contributed by atoms with van der Waals surface area (Å²) in [4.78, 5) is 12.2. The van der Waals surface area contributed by atoms with Gasteiger partial charge in [0.25, 0.3) is 5.69 Å². The Morgan fingerprint density at radius 2 is 2.13 bits per heavy atom. The minimum atomic E-state index is -3.97. The normalized spacial score (nSPS) is 16.3. The Bertz CT molecular complexity index is 688. The van der Waals surface area contributed by atoms with E-state index >= 15 is 0 Å². The highest BCUT2D eigenvalue weighted by Crippen LogP contribution is 2.29. The molecule has 0 spiro atoms. The smallest absolute Gasteiger partial charge is 0.293 e. The maximum atomic E-state index is 12.4. The summed E-state index contributed by atoms with van der Waals surface area (Å²) in [6.07, 6.45) is 2.25. The number of methoxy groups -OCH3 is 1. The van der Waals surface area contributed by atoms with Gasteiger partial charge in [0.2, 0.25) is 10.0 Å². The Morgan fingerprint density at radius 1 is 1.48 bits per heavy atom. The summed E-state index contributed by atoms with van der Waals surface area (Å²) in [7, 11) is -0.656. The van der Waals surface area contributed by atoms with Crippen molar-refractivity contribution in [2.45, 2.75) is 36.7 Å². The number of hydrogen-bond acceptors (Lipinski definition) is 6. The van der Waals surface area contributed by atoms with Gasteiger partial charge in [-0.1, -0.05) is 0 Å². The standard InChI is InChI=1S/C14H21N3O5S/c1-10(16(2)11-4-5-11)9-15-23(20,21)14-7-6-12(22-3)8-13(14)17(18)19/h6-8,10-11,15H,4-5,9H2,1-3H3/t10-/m1/s1. The van der Waals surface area contributed by atoms with Crippen LogP contribution in [0.15, 0.2) is 23.1 Å². The van der Waals surface area contributed by atoms with Crippen molar-refractivity contribution < 1.29 is 18.1 Å². The van der Waals surface area contributed by atoms with Crippen LogP contribution < -0.4 is 9.46 Å². The largest absolute Gasteiger partial charge is 0.497 e. The third kappa shape index (κ3) is 4.18. The fourth-order valence-electron chi connectivity index (χ4n) is 2.29. The van der Waals surface area contributed by atoms with Crippen molar-refractivity contribution in [3.05, 3.63) is 28.3 Å². The van der Waals surface area contributed by atoms with Crippen LogP contribution >= 0.6 is 0 Å². The van der Waals surface area contributed by atoms with Gasteiger partial charge in [-0.05, 0) is 38.9 Å².